The van der Waals surface area contributed by atoms with Crippen LogP contribution < -0.4 is 10.6 Å². The van der Waals surface area contributed by atoms with Gasteiger partial charge in [0, 0.05) is 26.7 Å². The molecule has 1 fully saturated rings. The summed E-state index contributed by atoms with van der Waals surface area (Å²) in [5, 5.41) is 7.08. The van der Waals surface area contributed by atoms with E-state index in [1.165, 1.54) is 0 Å². The Morgan fingerprint density at radius 2 is 1.67 bits per heavy atom. The predicted molar refractivity (Wildman–Crippen MR) is 106 cm³/mol. The number of carbonyl (C=O) groups excluding carboxylic acids is 5. The van der Waals surface area contributed by atoms with Crippen LogP contribution in [0.4, 0.5) is 9.18 Å². The number of carbonyl (C=O) groups is 5. The van der Waals surface area contributed by atoms with Crippen molar-refractivity contribution in [3.8, 4) is 0 Å². The van der Waals surface area contributed by atoms with Crippen LogP contribution in [-0.2, 0) is 38.1 Å². The van der Waals surface area contributed by atoms with E-state index in [2.05, 4.69) is 15.9 Å². The average Bonchev–Trinajstić information content (AvgIpc) is 2.73. The monoisotopic (exact) mass is 498 g/mol. The highest BCUT2D eigenvalue weighted by Crippen LogP contribution is 2.28. The van der Waals surface area contributed by atoms with Gasteiger partial charge in [-0.25, -0.2) is 9.18 Å². The van der Waals surface area contributed by atoms with Crippen LogP contribution in [0.1, 0.15) is 20.8 Å². The minimum Gasteiger partial charge on any atom is -0.463 e. The van der Waals surface area contributed by atoms with Gasteiger partial charge in [-0.2, -0.15) is 5.01 Å². The van der Waals surface area contributed by atoms with E-state index in [-0.39, 0.29) is 12.4 Å². The van der Waals surface area contributed by atoms with Crippen LogP contribution in [-0.4, -0.2) is 91.1 Å². The van der Waals surface area contributed by atoms with Crippen molar-refractivity contribution in [2.75, 3.05) is 25.6 Å². The highest BCUT2D eigenvalue weighted by atomic mass is 35.5. The second-order valence-corrected chi connectivity index (χ2v) is 6.99. The molecule has 0 radical (unpaired) electrons. The maximum atomic E-state index is 15.1. The molecule has 0 aromatic rings. The van der Waals surface area contributed by atoms with Crippen molar-refractivity contribution in [3.05, 3.63) is 4.91 Å². The Morgan fingerprint density at radius 3 is 2.18 bits per heavy atom. The highest BCUT2D eigenvalue weighted by Gasteiger charge is 2.51. The van der Waals surface area contributed by atoms with Crippen LogP contribution in [0.25, 0.3) is 0 Å². The third-order valence-electron chi connectivity index (χ3n) is 4.00. The molecule has 1 aliphatic rings. The summed E-state index contributed by atoms with van der Waals surface area (Å²) in [5.74, 6) is -3.52. The number of hydrogen-bond donors (Lipinski definition) is 2. The Bertz CT molecular complexity index is 757. The third-order valence-corrected chi connectivity index (χ3v) is 4.17. The molecule has 1 rings (SSSR count). The molecule has 14 nitrogen and oxygen atoms in total. The minimum absolute atomic E-state index is 0.0877. The molecule has 0 bridgehead atoms. The zero-order chi connectivity index (χ0) is 25.1. The molecule has 0 aromatic carbocycles. The highest BCUT2D eigenvalue weighted by molar-refractivity contribution is 6.18. The van der Waals surface area contributed by atoms with Gasteiger partial charge in [0.15, 0.2) is 24.6 Å². The molecule has 1 saturated heterocycles. The number of esters is 3. The largest absolute Gasteiger partial charge is 0.463 e. The Morgan fingerprint density at radius 1 is 1.06 bits per heavy atom. The summed E-state index contributed by atoms with van der Waals surface area (Å²) in [6.07, 6.45) is -8.46. The molecule has 3 amide bonds. The predicted octanol–water partition coefficient (Wildman–Crippen LogP) is -0.476. The molecule has 0 spiro atoms. The van der Waals surface area contributed by atoms with E-state index in [0.717, 1.165) is 20.8 Å². The second kappa shape index (κ2) is 13.5. The van der Waals surface area contributed by atoms with Crippen molar-refractivity contribution in [1.29, 1.82) is 0 Å². The zero-order valence-corrected chi connectivity index (χ0v) is 18.7. The Balaban J connectivity index is 2.95. The molecular formula is C17H24ClFN4O10. The minimum atomic E-state index is -2.21. The van der Waals surface area contributed by atoms with Crippen LogP contribution in [0.5, 0.6) is 0 Å². The Kier molecular flexibility index (Phi) is 11.4. The van der Waals surface area contributed by atoms with Crippen molar-refractivity contribution in [3.63, 3.8) is 0 Å². The molecule has 0 saturated carbocycles. The van der Waals surface area contributed by atoms with Gasteiger partial charge in [0.25, 0.3) is 0 Å². The van der Waals surface area contributed by atoms with Gasteiger partial charge in [-0.3, -0.25) is 19.2 Å². The van der Waals surface area contributed by atoms with Gasteiger partial charge in [-0.05, 0) is 0 Å². The molecule has 0 aromatic heterocycles. The molecule has 33 heavy (non-hydrogen) atoms. The Hall–Kier alpha value is -3.07. The molecule has 0 aliphatic carbocycles. The van der Waals surface area contributed by atoms with E-state index in [0.29, 0.717) is 5.01 Å². The van der Waals surface area contributed by atoms with E-state index >= 15 is 4.39 Å². The maximum absolute atomic E-state index is 15.1. The summed E-state index contributed by atoms with van der Waals surface area (Å²) < 4.78 is 35.3. The molecular weight excluding hydrogens is 475 g/mol. The fourth-order valence-corrected chi connectivity index (χ4v) is 2.89. The van der Waals surface area contributed by atoms with Gasteiger partial charge in [-0.15, -0.1) is 16.5 Å². The van der Waals surface area contributed by atoms with Crippen LogP contribution in [0.15, 0.2) is 5.29 Å². The molecule has 1 aliphatic heterocycles. The number of halogens is 2. The number of rotatable bonds is 10. The topological polar surface area (TPSA) is 179 Å². The zero-order valence-electron chi connectivity index (χ0n) is 17.9. The number of ether oxygens (including phenoxy) is 4. The first-order valence-corrected chi connectivity index (χ1v) is 10.0. The first-order chi connectivity index (χ1) is 15.5. The second-order valence-electron chi connectivity index (χ2n) is 6.61. The molecule has 0 unspecified atom stereocenters. The number of nitroso groups, excluding NO2 is 1. The van der Waals surface area contributed by atoms with E-state index in [1.54, 1.807) is 0 Å². The van der Waals surface area contributed by atoms with Crippen LogP contribution in [0, 0.1) is 4.91 Å². The SMILES string of the molecule is CC(=O)OC[C@H]1O[C@@H](NC(=O)CNC(=O)N(CCCl)N=O)[C@H](F)[C@@H](OC(C)=O)[C@@H]1OC(C)=O. The average molecular weight is 499 g/mol. The van der Waals surface area contributed by atoms with Gasteiger partial charge in [0.1, 0.15) is 12.7 Å². The fourth-order valence-electron chi connectivity index (χ4n) is 2.73. The first-order valence-electron chi connectivity index (χ1n) is 9.51. The molecule has 2 N–H and O–H groups in total. The normalized spacial score (nSPS) is 24.1. The quantitative estimate of drug-likeness (QED) is 0.131. The number of amides is 3. The lowest BCUT2D eigenvalue weighted by atomic mass is 9.98. The number of hydrogen-bond acceptors (Lipinski definition) is 11. The van der Waals surface area contributed by atoms with Gasteiger partial charge in [-0.1, -0.05) is 0 Å². The number of urea groups is 1. The molecule has 5 atom stereocenters. The lowest BCUT2D eigenvalue weighted by Gasteiger charge is -2.42. The first kappa shape index (κ1) is 28.0. The summed E-state index contributed by atoms with van der Waals surface area (Å²) in [6, 6.07) is -1.03. The fraction of sp³-hybridized carbons (Fsp3) is 0.706. The summed E-state index contributed by atoms with van der Waals surface area (Å²) >= 11 is 5.42. The van der Waals surface area contributed by atoms with E-state index in [4.69, 9.17) is 30.5 Å². The summed E-state index contributed by atoms with van der Waals surface area (Å²) in [6.45, 7) is 1.67. The lowest BCUT2D eigenvalue weighted by Crippen LogP contribution is -2.64. The summed E-state index contributed by atoms with van der Waals surface area (Å²) in [4.78, 5) is 68.7. The van der Waals surface area contributed by atoms with Crippen LogP contribution in [0.3, 0.4) is 0 Å². The summed E-state index contributed by atoms with van der Waals surface area (Å²) in [7, 11) is 0. The van der Waals surface area contributed by atoms with E-state index in [9.17, 15) is 28.9 Å². The van der Waals surface area contributed by atoms with Gasteiger partial charge >= 0.3 is 23.9 Å². The number of alkyl halides is 2. The van der Waals surface area contributed by atoms with Crippen molar-refractivity contribution in [2.45, 2.75) is 51.5 Å². The van der Waals surface area contributed by atoms with E-state index < -0.39 is 73.7 Å². The Labute approximate surface area is 192 Å². The third kappa shape index (κ3) is 9.13. The molecule has 16 heteroatoms. The number of nitrogens with one attached hydrogen (secondary N) is 2. The van der Waals surface area contributed by atoms with E-state index in [1.807, 2.05) is 0 Å². The standard InChI is InChI=1S/C17H24ClFN4O10/c1-8(24)30-7-11-14(31-9(2)25)15(32-10(3)26)13(19)16(33-11)21-12(27)6-20-17(28)23(22-29)5-4-18/h11,13-16H,4-7H2,1-3H3,(H,20,28)(H,21,27)/t11-,13-,14-,15-,16-/m1/s1. The van der Waals surface area contributed by atoms with Crippen molar-refractivity contribution in [2.24, 2.45) is 5.29 Å². The van der Waals surface area contributed by atoms with Crippen LogP contribution in [0.2, 0.25) is 0 Å². The van der Waals surface area contributed by atoms with Crippen LogP contribution >= 0.6 is 11.6 Å². The molecule has 1 heterocycles. The van der Waals surface area contributed by atoms with Crippen molar-refractivity contribution >= 4 is 41.4 Å². The maximum Gasteiger partial charge on any atom is 0.340 e. The smallest absolute Gasteiger partial charge is 0.340 e. The van der Waals surface area contributed by atoms with Gasteiger partial charge < -0.3 is 29.6 Å². The van der Waals surface area contributed by atoms with Crippen molar-refractivity contribution < 1.29 is 47.3 Å². The number of nitrogens with zero attached hydrogens (tertiary/aromatic N) is 2. The molecule has 186 valence electrons. The summed E-state index contributed by atoms with van der Waals surface area (Å²) in [5.41, 5.74) is 0. The van der Waals surface area contributed by atoms with Crippen molar-refractivity contribution in [1.82, 2.24) is 15.6 Å². The van der Waals surface area contributed by atoms with Gasteiger partial charge in [0.05, 0.1) is 18.4 Å². The lowest BCUT2D eigenvalue weighted by molar-refractivity contribution is -0.239. The van der Waals surface area contributed by atoms with Gasteiger partial charge in [0.2, 0.25) is 5.91 Å².